The number of amides is 2. The third-order valence-electron chi connectivity index (χ3n) is 3.68. The van der Waals surface area contributed by atoms with Gasteiger partial charge in [-0.3, -0.25) is 4.79 Å². The predicted octanol–water partition coefficient (Wildman–Crippen LogP) is 3.79. The van der Waals surface area contributed by atoms with Crippen LogP contribution in [0.1, 0.15) is 22.8 Å². The fraction of sp³-hybridized carbons (Fsp3) is 0.143. The summed E-state index contributed by atoms with van der Waals surface area (Å²) < 4.78 is 0. The summed E-state index contributed by atoms with van der Waals surface area (Å²) in [6.07, 6.45) is 5.55. The Labute approximate surface area is 147 Å². The number of anilines is 1. The van der Waals surface area contributed by atoms with Gasteiger partial charge in [0.2, 0.25) is 0 Å². The van der Waals surface area contributed by atoms with Crippen molar-refractivity contribution in [1.82, 2.24) is 4.90 Å². The van der Waals surface area contributed by atoms with E-state index in [2.05, 4.69) is 29.1 Å². The number of hydrogen-bond acceptors (Lipinski definition) is 2. The maximum absolute atomic E-state index is 11.6. The van der Waals surface area contributed by atoms with Gasteiger partial charge in [0.1, 0.15) is 6.29 Å². The van der Waals surface area contributed by atoms with Crippen LogP contribution in [0.25, 0.3) is 11.1 Å². The Balaban J connectivity index is 0.000000399. The molecule has 0 saturated carbocycles. The fourth-order valence-electron chi connectivity index (χ4n) is 2.39. The molecular weight excluding hydrogens is 312 g/mol. The Bertz CT molecular complexity index is 881. The van der Waals surface area contributed by atoms with Gasteiger partial charge in [-0.05, 0) is 47.6 Å². The minimum Gasteiger partial charge on any atom is -0.323 e. The van der Waals surface area contributed by atoms with E-state index in [1.54, 1.807) is 31.0 Å². The van der Waals surface area contributed by atoms with Crippen molar-refractivity contribution in [1.29, 1.82) is 0 Å². The van der Waals surface area contributed by atoms with Gasteiger partial charge in [-0.1, -0.05) is 36.3 Å². The SMILES string of the molecule is C#CC#CC.CN1Cc2cc(-c3ccc(C=O)cc3)ccc2NC1=O. The van der Waals surface area contributed by atoms with Crippen molar-refractivity contribution in [2.24, 2.45) is 0 Å². The van der Waals surface area contributed by atoms with Crippen LogP contribution in [0.4, 0.5) is 10.5 Å². The van der Waals surface area contributed by atoms with Gasteiger partial charge in [-0.15, -0.1) is 6.42 Å². The molecule has 124 valence electrons. The second kappa shape index (κ2) is 8.38. The van der Waals surface area contributed by atoms with Crippen LogP contribution in [-0.2, 0) is 6.54 Å². The van der Waals surface area contributed by atoms with E-state index >= 15 is 0 Å². The van der Waals surface area contributed by atoms with E-state index in [1.165, 1.54) is 0 Å². The monoisotopic (exact) mass is 330 g/mol. The standard InChI is InChI=1S/C16H14N2O2.C5H4/c1-18-9-14-8-13(6-7-15(14)17-16(18)20)12-4-2-11(10-19)3-5-12;1-3-5-4-2/h2-8,10H,9H2,1H3,(H,17,20);1H,2H3. The van der Waals surface area contributed by atoms with Gasteiger partial charge in [0, 0.05) is 24.8 Å². The first kappa shape index (κ1) is 17.8. The van der Waals surface area contributed by atoms with Gasteiger partial charge in [-0.25, -0.2) is 4.79 Å². The van der Waals surface area contributed by atoms with Crippen LogP contribution in [0.2, 0.25) is 0 Å². The van der Waals surface area contributed by atoms with E-state index in [1.807, 2.05) is 24.3 Å². The number of hydrogen-bond donors (Lipinski definition) is 1. The zero-order valence-corrected chi connectivity index (χ0v) is 14.2. The van der Waals surface area contributed by atoms with Gasteiger partial charge in [-0.2, -0.15) is 0 Å². The van der Waals surface area contributed by atoms with E-state index < -0.39 is 0 Å². The van der Waals surface area contributed by atoms with Crippen molar-refractivity contribution < 1.29 is 9.59 Å². The summed E-state index contributed by atoms with van der Waals surface area (Å²) in [5, 5.41) is 2.85. The molecule has 1 aliphatic heterocycles. The normalized spacial score (nSPS) is 11.6. The maximum Gasteiger partial charge on any atom is 0.321 e. The van der Waals surface area contributed by atoms with Crippen LogP contribution >= 0.6 is 0 Å². The number of rotatable bonds is 2. The molecule has 0 radical (unpaired) electrons. The Hall–Kier alpha value is -3.50. The lowest BCUT2D eigenvalue weighted by molar-refractivity contribution is 0.112. The number of terminal acetylenes is 1. The molecule has 3 rings (SSSR count). The van der Waals surface area contributed by atoms with Gasteiger partial charge in [0.05, 0.1) is 0 Å². The van der Waals surface area contributed by atoms with Crippen LogP contribution in [0.3, 0.4) is 0 Å². The summed E-state index contributed by atoms with van der Waals surface area (Å²) >= 11 is 0. The van der Waals surface area contributed by atoms with Crippen LogP contribution < -0.4 is 5.32 Å². The van der Waals surface area contributed by atoms with Crippen molar-refractivity contribution in [3.63, 3.8) is 0 Å². The van der Waals surface area contributed by atoms with E-state index in [9.17, 15) is 9.59 Å². The highest BCUT2D eigenvalue weighted by molar-refractivity contribution is 5.92. The van der Waals surface area contributed by atoms with Crippen LogP contribution in [0.5, 0.6) is 0 Å². The van der Waals surface area contributed by atoms with Crippen LogP contribution in [0.15, 0.2) is 42.5 Å². The molecule has 0 saturated heterocycles. The second-order valence-electron chi connectivity index (χ2n) is 5.42. The number of nitrogens with one attached hydrogen (secondary N) is 1. The Morgan fingerprint density at radius 1 is 1.16 bits per heavy atom. The number of nitrogens with zero attached hydrogens (tertiary/aromatic N) is 1. The molecule has 4 heteroatoms. The average molecular weight is 330 g/mol. The third kappa shape index (κ3) is 4.50. The highest BCUT2D eigenvalue weighted by Gasteiger charge is 2.19. The van der Waals surface area contributed by atoms with E-state index in [4.69, 9.17) is 6.42 Å². The second-order valence-corrected chi connectivity index (χ2v) is 5.42. The van der Waals surface area contributed by atoms with E-state index in [0.717, 1.165) is 28.7 Å². The predicted molar refractivity (Wildman–Crippen MR) is 100 cm³/mol. The summed E-state index contributed by atoms with van der Waals surface area (Å²) in [5.74, 6) is 7.08. The number of urea groups is 1. The number of carbonyl (C=O) groups excluding carboxylic acids is 2. The molecule has 0 fully saturated rings. The number of benzene rings is 2. The minimum atomic E-state index is -0.0828. The van der Waals surface area contributed by atoms with Crippen molar-refractivity contribution in [2.45, 2.75) is 13.5 Å². The molecule has 0 aliphatic carbocycles. The molecule has 25 heavy (non-hydrogen) atoms. The Morgan fingerprint density at radius 3 is 2.40 bits per heavy atom. The van der Waals surface area contributed by atoms with Gasteiger partial charge < -0.3 is 10.2 Å². The summed E-state index contributed by atoms with van der Waals surface area (Å²) in [7, 11) is 1.77. The molecule has 0 unspecified atom stereocenters. The van der Waals surface area contributed by atoms with Crippen LogP contribution in [0, 0.1) is 24.2 Å². The molecule has 2 aromatic carbocycles. The quantitative estimate of drug-likeness (QED) is 0.673. The average Bonchev–Trinajstić information content (AvgIpc) is 2.64. The number of carbonyl (C=O) groups is 2. The largest absolute Gasteiger partial charge is 0.323 e. The summed E-state index contributed by atoms with van der Waals surface area (Å²) in [4.78, 5) is 23.9. The molecule has 0 aromatic heterocycles. The van der Waals surface area contributed by atoms with Gasteiger partial charge >= 0.3 is 6.03 Å². The summed E-state index contributed by atoms with van der Waals surface area (Å²) in [6.45, 7) is 2.31. The first-order valence-electron chi connectivity index (χ1n) is 7.67. The van der Waals surface area contributed by atoms with Crippen LogP contribution in [-0.4, -0.2) is 24.3 Å². The first-order chi connectivity index (χ1) is 12.1. The molecule has 0 bridgehead atoms. The molecule has 0 atom stereocenters. The molecule has 1 aliphatic rings. The van der Waals surface area contributed by atoms with Gasteiger partial charge in [0.25, 0.3) is 0 Å². The molecule has 0 spiro atoms. The Morgan fingerprint density at radius 2 is 1.84 bits per heavy atom. The molecule has 2 aromatic rings. The van der Waals surface area contributed by atoms with Gasteiger partial charge in [0.15, 0.2) is 0 Å². The number of fused-ring (bicyclic) bond motifs is 1. The van der Waals surface area contributed by atoms with Crippen molar-refractivity contribution in [3.05, 3.63) is 53.6 Å². The highest BCUT2D eigenvalue weighted by Crippen LogP contribution is 2.28. The number of aldehydes is 1. The minimum absolute atomic E-state index is 0.0828. The lowest BCUT2D eigenvalue weighted by Gasteiger charge is -2.26. The lowest BCUT2D eigenvalue weighted by Crippen LogP contribution is -2.35. The van der Waals surface area contributed by atoms with Crippen molar-refractivity contribution >= 4 is 18.0 Å². The zero-order chi connectivity index (χ0) is 18.2. The third-order valence-corrected chi connectivity index (χ3v) is 3.68. The molecule has 1 N–H and O–H groups in total. The Kier molecular flexibility index (Phi) is 5.98. The highest BCUT2D eigenvalue weighted by atomic mass is 16.2. The van der Waals surface area contributed by atoms with Crippen molar-refractivity contribution in [3.8, 4) is 35.3 Å². The summed E-state index contributed by atoms with van der Waals surface area (Å²) in [5.41, 5.74) is 4.74. The molecule has 2 amide bonds. The summed E-state index contributed by atoms with van der Waals surface area (Å²) in [6, 6.07) is 13.3. The van der Waals surface area contributed by atoms with E-state index in [0.29, 0.717) is 12.1 Å². The molecule has 4 nitrogen and oxygen atoms in total. The maximum atomic E-state index is 11.6. The van der Waals surface area contributed by atoms with Crippen molar-refractivity contribution in [2.75, 3.05) is 12.4 Å². The lowest BCUT2D eigenvalue weighted by atomic mass is 10.00. The smallest absolute Gasteiger partial charge is 0.321 e. The topological polar surface area (TPSA) is 49.4 Å². The fourth-order valence-corrected chi connectivity index (χ4v) is 2.39. The molecule has 1 heterocycles. The zero-order valence-electron chi connectivity index (χ0n) is 14.2. The molecular formula is C21H18N2O2. The first-order valence-corrected chi connectivity index (χ1v) is 7.67. The van der Waals surface area contributed by atoms with E-state index in [-0.39, 0.29) is 6.03 Å².